The van der Waals surface area contributed by atoms with Crippen molar-refractivity contribution in [3.63, 3.8) is 0 Å². The van der Waals surface area contributed by atoms with Gasteiger partial charge in [0, 0.05) is 18.5 Å². The number of ether oxygens (including phenoxy) is 6. The molecule has 0 radical (unpaired) electrons. The minimum atomic E-state index is -3.57. The van der Waals surface area contributed by atoms with Gasteiger partial charge in [0.25, 0.3) is 0 Å². The Morgan fingerprint density at radius 1 is 0.680 bits per heavy atom. The molecule has 0 spiro atoms. The van der Waals surface area contributed by atoms with Crippen molar-refractivity contribution in [2.75, 3.05) is 24.5 Å². The minimum Gasteiger partial charge on any atom is -0.481 e. The van der Waals surface area contributed by atoms with Crippen LogP contribution in [0.15, 0.2) is 103 Å². The molecule has 0 aliphatic carbocycles. The number of aromatic nitrogens is 2. The third kappa shape index (κ3) is 14.2. The maximum absolute atomic E-state index is 16.2. The highest BCUT2D eigenvalue weighted by molar-refractivity contribution is 7.53. The Balaban J connectivity index is 1.40. The molecule has 2 fully saturated rings. The average molecular weight is 1050 g/mol. The first kappa shape index (κ1) is 56.4. The van der Waals surface area contributed by atoms with Gasteiger partial charge >= 0.3 is 31.9 Å². The minimum absolute atomic E-state index is 0.0412. The molecule has 4 atom stereocenters. The van der Waals surface area contributed by atoms with Crippen molar-refractivity contribution in [1.29, 1.82) is 0 Å². The van der Waals surface area contributed by atoms with E-state index in [1.807, 2.05) is 80.6 Å². The molecular weight excluding hydrogens is 982 g/mol. The van der Waals surface area contributed by atoms with Crippen LogP contribution in [0.1, 0.15) is 118 Å². The fraction of sp³-hybridized carbons (Fsp3) is 0.482. The predicted molar refractivity (Wildman–Crippen MR) is 283 cm³/mol. The number of carbonyl (C=O) groups is 4. The molecular formula is C56H72N5O13P. The van der Waals surface area contributed by atoms with Crippen LogP contribution in [0.2, 0.25) is 0 Å². The molecule has 75 heavy (non-hydrogen) atoms. The molecule has 0 saturated carbocycles. The molecule has 404 valence electrons. The van der Waals surface area contributed by atoms with E-state index in [1.54, 1.807) is 122 Å². The van der Waals surface area contributed by atoms with Gasteiger partial charge in [0.2, 0.25) is 0 Å². The zero-order valence-corrected chi connectivity index (χ0v) is 46.3. The number of carbonyl (C=O) groups excluding carboxylic acids is 4. The van der Waals surface area contributed by atoms with Crippen LogP contribution in [0.25, 0.3) is 10.9 Å². The van der Waals surface area contributed by atoms with E-state index in [2.05, 4.69) is 5.10 Å². The van der Waals surface area contributed by atoms with Crippen LogP contribution in [-0.4, -0.2) is 104 Å². The van der Waals surface area contributed by atoms with Gasteiger partial charge < -0.3 is 47.3 Å². The molecule has 1 unspecified atom stereocenters. The lowest BCUT2D eigenvalue weighted by Gasteiger charge is -2.37. The van der Waals surface area contributed by atoms with E-state index in [-0.39, 0.29) is 55.4 Å². The molecule has 2 saturated heterocycles. The van der Waals surface area contributed by atoms with Crippen LogP contribution in [-0.2, 0) is 56.8 Å². The summed E-state index contributed by atoms with van der Waals surface area (Å²) < 4.78 is 62.6. The number of benzene rings is 4. The number of fused-ring (bicyclic) bond motifs is 2. The summed E-state index contributed by atoms with van der Waals surface area (Å²) in [6.07, 6.45) is -4.39. The summed E-state index contributed by atoms with van der Waals surface area (Å²) in [5, 5.41) is 4.77. The van der Waals surface area contributed by atoms with Crippen LogP contribution < -0.4 is 9.64 Å². The van der Waals surface area contributed by atoms with Gasteiger partial charge in [-0.15, -0.1) is 5.10 Å². The summed E-state index contributed by atoms with van der Waals surface area (Å²) in [5.74, 6) is -0.939. The smallest absolute Gasteiger partial charge is 0.435 e. The van der Waals surface area contributed by atoms with E-state index in [0.29, 0.717) is 28.2 Å². The maximum Gasteiger partial charge on any atom is 0.435 e. The van der Waals surface area contributed by atoms with E-state index in [9.17, 15) is 18.9 Å². The number of amides is 4. The average Bonchev–Trinajstić information content (AvgIpc) is 3.82. The molecule has 18 nitrogen and oxygen atoms in total. The highest BCUT2D eigenvalue weighted by Gasteiger charge is 2.56. The van der Waals surface area contributed by atoms with Crippen molar-refractivity contribution in [3.05, 3.63) is 125 Å². The van der Waals surface area contributed by atoms with Gasteiger partial charge in [-0.3, -0.25) is 4.57 Å². The lowest BCUT2D eigenvalue weighted by molar-refractivity contribution is -0.158. The molecule has 7 rings (SSSR count). The van der Waals surface area contributed by atoms with Crippen molar-refractivity contribution in [3.8, 4) is 5.75 Å². The first-order valence-electron chi connectivity index (χ1n) is 25.3. The highest BCUT2D eigenvalue weighted by Crippen LogP contribution is 2.49. The number of imide groups is 1. The Kier molecular flexibility index (Phi) is 16.9. The number of anilines is 1. The fourth-order valence-electron chi connectivity index (χ4n) is 9.10. The van der Waals surface area contributed by atoms with Crippen molar-refractivity contribution >= 4 is 48.6 Å². The Morgan fingerprint density at radius 2 is 1.23 bits per heavy atom. The lowest BCUT2D eigenvalue weighted by atomic mass is 9.90. The Hall–Kier alpha value is -6.30. The van der Waals surface area contributed by atoms with Gasteiger partial charge in [0.15, 0.2) is 18.0 Å². The standard InChI is InChI=1S/C56H72N5O13P/c1-14-68-75(66,69-15-2)36-67-41-28-22-25-38(31-41)35-59-45(40-26-20-17-21-27-40)47-46(70-56(12,13)71-47)44(33-37-23-18-16-19-24-37)58(49(59)62)34-39-29-30-43-42(32-39)48(57-61(43)52(65)74-55(9,10)11)60(50(63)72-53(3,4)5)51(64)73-54(6,7)8/h16-32,44-47H,14-15,33-36H2,1-13H3/t44-,45?,46+,47+/m1/s1. The van der Waals surface area contributed by atoms with Gasteiger partial charge in [0.1, 0.15) is 34.8 Å². The Bertz CT molecular complexity index is 2840. The molecule has 2 aliphatic heterocycles. The Morgan fingerprint density at radius 3 is 1.81 bits per heavy atom. The van der Waals surface area contributed by atoms with Crippen molar-refractivity contribution in [2.45, 2.75) is 156 Å². The van der Waals surface area contributed by atoms with Gasteiger partial charge in [-0.2, -0.15) is 9.58 Å². The third-order valence-corrected chi connectivity index (χ3v) is 13.6. The van der Waals surface area contributed by atoms with Crippen LogP contribution >= 0.6 is 7.60 Å². The quantitative estimate of drug-likeness (QED) is 0.0711. The highest BCUT2D eigenvalue weighted by atomic mass is 31.2. The van der Waals surface area contributed by atoms with E-state index < -0.39 is 72.8 Å². The molecule has 1 aromatic heterocycles. The molecule has 2 aliphatic rings. The molecule has 5 aromatic rings. The summed E-state index contributed by atoms with van der Waals surface area (Å²) in [6, 6.07) is 30.1. The van der Waals surface area contributed by atoms with Crippen molar-refractivity contribution in [1.82, 2.24) is 19.6 Å². The maximum atomic E-state index is 16.2. The van der Waals surface area contributed by atoms with Crippen LogP contribution in [0.3, 0.4) is 0 Å². The van der Waals surface area contributed by atoms with Crippen LogP contribution in [0, 0.1) is 0 Å². The second-order valence-corrected chi connectivity index (χ2v) is 23.9. The molecule has 4 aromatic carbocycles. The van der Waals surface area contributed by atoms with Gasteiger partial charge in [-0.25, -0.2) is 19.2 Å². The number of hydrogen-bond acceptors (Lipinski definition) is 14. The molecule has 4 amide bonds. The van der Waals surface area contributed by atoms with E-state index in [1.165, 1.54) is 0 Å². The fourth-order valence-corrected chi connectivity index (χ4v) is 10.4. The van der Waals surface area contributed by atoms with Crippen LogP contribution in [0.5, 0.6) is 5.75 Å². The Labute approximate surface area is 439 Å². The summed E-state index contributed by atoms with van der Waals surface area (Å²) in [6.45, 7) is 22.6. The summed E-state index contributed by atoms with van der Waals surface area (Å²) >= 11 is 0. The van der Waals surface area contributed by atoms with Gasteiger partial charge in [-0.05, 0) is 143 Å². The summed E-state index contributed by atoms with van der Waals surface area (Å²) in [5.41, 5.74) is 0.147. The normalized spacial score (nSPS) is 19.1. The number of urea groups is 1. The second kappa shape index (κ2) is 22.5. The lowest BCUT2D eigenvalue weighted by Crippen LogP contribution is -2.50. The number of hydrogen-bond donors (Lipinski definition) is 0. The van der Waals surface area contributed by atoms with Crippen molar-refractivity contribution in [2.24, 2.45) is 0 Å². The second-order valence-electron chi connectivity index (χ2n) is 21.9. The molecule has 3 heterocycles. The van der Waals surface area contributed by atoms with Gasteiger partial charge in [-0.1, -0.05) is 78.9 Å². The molecule has 0 N–H and O–H groups in total. The first-order chi connectivity index (χ1) is 35.2. The van der Waals surface area contributed by atoms with Crippen LogP contribution in [0.4, 0.5) is 25.0 Å². The topological polar surface area (TPSA) is 187 Å². The van der Waals surface area contributed by atoms with E-state index in [4.69, 9.17) is 37.5 Å². The predicted octanol–water partition coefficient (Wildman–Crippen LogP) is 12.4. The zero-order valence-electron chi connectivity index (χ0n) is 45.4. The van der Waals surface area contributed by atoms with E-state index in [0.717, 1.165) is 15.8 Å². The zero-order chi connectivity index (χ0) is 54.7. The summed E-state index contributed by atoms with van der Waals surface area (Å²) in [7, 11) is -3.57. The first-order valence-corrected chi connectivity index (χ1v) is 27.0. The van der Waals surface area contributed by atoms with Crippen molar-refractivity contribution < 1.29 is 61.2 Å². The molecule has 19 heteroatoms. The van der Waals surface area contributed by atoms with Gasteiger partial charge in [0.05, 0.1) is 30.8 Å². The van der Waals surface area contributed by atoms with E-state index >= 15 is 4.79 Å². The summed E-state index contributed by atoms with van der Waals surface area (Å²) in [4.78, 5) is 62.8. The third-order valence-electron chi connectivity index (χ3n) is 11.8. The monoisotopic (exact) mass is 1050 g/mol. The SMILES string of the molecule is CCOP(=O)(COc1cccc(CN2C(=O)N(Cc3ccc4c(c3)c(N(C(=O)OC(C)(C)C)C(=O)OC(C)(C)C)nn4C(=O)OC(C)(C)C)[C@H](Cc3ccccc3)[C@@H]3OC(C)(C)O[C@H]3C2c2ccccc2)c1)OCC. The number of rotatable bonds is 15. The number of nitrogens with zero attached hydrogens (tertiary/aromatic N) is 5. The largest absolute Gasteiger partial charge is 0.481 e. The molecule has 0 bridgehead atoms.